The lowest BCUT2D eigenvalue weighted by Crippen LogP contribution is -1.93. The molecule has 2 rings (SSSR count). The van der Waals surface area contributed by atoms with E-state index in [0.29, 0.717) is 11.2 Å². The Morgan fingerprint density at radius 2 is 2.06 bits per heavy atom. The highest BCUT2D eigenvalue weighted by atomic mass is 32.1. The third-order valence-corrected chi connectivity index (χ3v) is 2.23. The molecule has 0 aliphatic carbocycles. The maximum absolute atomic E-state index is 5.38. The van der Waals surface area contributed by atoms with Crippen LogP contribution in [0.2, 0.25) is 0 Å². The lowest BCUT2D eigenvalue weighted by Gasteiger charge is -2.04. The Bertz CT molecular complexity index is 539. The van der Waals surface area contributed by atoms with Crippen molar-refractivity contribution < 1.29 is 4.74 Å². The van der Waals surface area contributed by atoms with Crippen molar-refractivity contribution in [3.63, 3.8) is 0 Å². The van der Waals surface area contributed by atoms with Crippen LogP contribution in [0.1, 0.15) is 6.92 Å². The molecule has 0 spiro atoms. The molecule has 0 radical (unpaired) electrons. The van der Waals surface area contributed by atoms with E-state index in [1.165, 1.54) is 0 Å². The molecule has 1 N–H and O–H groups in total. The van der Waals surface area contributed by atoms with E-state index in [1.807, 2.05) is 19.1 Å². The molecule has 0 bridgehead atoms. The summed E-state index contributed by atoms with van der Waals surface area (Å²) in [5.74, 6) is 0.749. The van der Waals surface area contributed by atoms with E-state index in [1.54, 1.807) is 18.6 Å². The lowest BCUT2D eigenvalue weighted by molar-refractivity contribution is 0.339. The first-order chi connectivity index (χ1) is 7.79. The van der Waals surface area contributed by atoms with Crippen LogP contribution >= 0.6 is 12.2 Å². The van der Waals surface area contributed by atoms with Crippen molar-refractivity contribution in [1.82, 2.24) is 15.2 Å². The highest BCUT2D eigenvalue weighted by Crippen LogP contribution is 2.21. The summed E-state index contributed by atoms with van der Waals surface area (Å²) < 4.78 is 5.98. The quantitative estimate of drug-likeness (QED) is 0.828. The first kappa shape index (κ1) is 10.8. The van der Waals surface area contributed by atoms with Gasteiger partial charge in [-0.1, -0.05) is 12.2 Å². The van der Waals surface area contributed by atoms with Gasteiger partial charge >= 0.3 is 0 Å². The summed E-state index contributed by atoms with van der Waals surface area (Å²) in [5.41, 5.74) is 1.87. The first-order valence-electron chi connectivity index (χ1n) is 4.92. The SMILES string of the molecule is CCOc1cncc(-c2cn[nH]c(=S)c2)c1. The largest absolute Gasteiger partial charge is 0.492 e. The van der Waals surface area contributed by atoms with E-state index < -0.39 is 0 Å². The molecule has 2 heterocycles. The van der Waals surface area contributed by atoms with Crippen molar-refractivity contribution in [1.29, 1.82) is 0 Å². The van der Waals surface area contributed by atoms with Crippen LogP contribution in [0.5, 0.6) is 5.75 Å². The average molecular weight is 233 g/mol. The highest BCUT2D eigenvalue weighted by molar-refractivity contribution is 7.71. The molecule has 0 saturated heterocycles. The molecule has 0 unspecified atom stereocenters. The molecule has 0 saturated carbocycles. The molecule has 0 amide bonds. The second kappa shape index (κ2) is 4.85. The van der Waals surface area contributed by atoms with Gasteiger partial charge in [0.2, 0.25) is 0 Å². The standard InChI is InChI=1S/C11H11N3OS/c1-2-15-10-3-8(5-12-7-10)9-4-11(16)14-13-6-9/h3-7H,2H2,1H3,(H,14,16). The molecule has 2 aromatic rings. The monoisotopic (exact) mass is 233 g/mol. The van der Waals surface area contributed by atoms with Crippen molar-refractivity contribution in [2.24, 2.45) is 0 Å². The predicted molar refractivity (Wildman–Crippen MR) is 63.8 cm³/mol. The summed E-state index contributed by atoms with van der Waals surface area (Å²) in [6.07, 6.45) is 5.15. The van der Waals surface area contributed by atoms with Gasteiger partial charge in [-0.3, -0.25) is 10.1 Å². The molecule has 82 valence electrons. The van der Waals surface area contributed by atoms with E-state index in [4.69, 9.17) is 17.0 Å². The topological polar surface area (TPSA) is 50.8 Å². The summed E-state index contributed by atoms with van der Waals surface area (Å²) in [5, 5.41) is 6.63. The Kier molecular flexibility index (Phi) is 3.26. The van der Waals surface area contributed by atoms with Gasteiger partial charge in [0.1, 0.15) is 10.4 Å². The van der Waals surface area contributed by atoms with Crippen LogP contribution in [-0.2, 0) is 0 Å². The number of hydrogen-bond acceptors (Lipinski definition) is 4. The van der Waals surface area contributed by atoms with Crippen LogP contribution < -0.4 is 4.74 Å². The van der Waals surface area contributed by atoms with Gasteiger partial charge in [-0.25, -0.2) is 0 Å². The van der Waals surface area contributed by atoms with Crippen molar-refractivity contribution >= 4 is 12.2 Å². The maximum atomic E-state index is 5.38. The molecular weight excluding hydrogens is 222 g/mol. The second-order valence-corrected chi connectivity index (χ2v) is 3.62. The summed E-state index contributed by atoms with van der Waals surface area (Å²) in [4.78, 5) is 4.11. The zero-order valence-electron chi connectivity index (χ0n) is 8.80. The number of aromatic amines is 1. The fourth-order valence-corrected chi connectivity index (χ4v) is 1.54. The van der Waals surface area contributed by atoms with Crippen molar-refractivity contribution in [3.05, 3.63) is 35.4 Å². The third kappa shape index (κ3) is 2.43. The number of rotatable bonds is 3. The summed E-state index contributed by atoms with van der Waals surface area (Å²) >= 11 is 5.01. The van der Waals surface area contributed by atoms with E-state index >= 15 is 0 Å². The maximum Gasteiger partial charge on any atom is 0.138 e. The van der Waals surface area contributed by atoms with Crippen LogP contribution in [0.15, 0.2) is 30.7 Å². The van der Waals surface area contributed by atoms with E-state index in [-0.39, 0.29) is 0 Å². The Morgan fingerprint density at radius 1 is 1.25 bits per heavy atom. The zero-order valence-corrected chi connectivity index (χ0v) is 9.62. The molecule has 0 atom stereocenters. The minimum Gasteiger partial charge on any atom is -0.492 e. The zero-order chi connectivity index (χ0) is 11.4. The van der Waals surface area contributed by atoms with Crippen LogP contribution in [-0.4, -0.2) is 21.8 Å². The van der Waals surface area contributed by atoms with Crippen LogP contribution in [0, 0.1) is 4.64 Å². The summed E-state index contributed by atoms with van der Waals surface area (Å²) in [6, 6.07) is 3.76. The van der Waals surface area contributed by atoms with Crippen molar-refractivity contribution in [2.75, 3.05) is 6.61 Å². The van der Waals surface area contributed by atoms with Crippen LogP contribution in [0.25, 0.3) is 11.1 Å². The fraction of sp³-hybridized carbons (Fsp3) is 0.182. The number of pyridine rings is 1. The normalized spacial score (nSPS) is 10.1. The Morgan fingerprint density at radius 3 is 2.81 bits per heavy atom. The summed E-state index contributed by atoms with van der Waals surface area (Å²) in [6.45, 7) is 2.56. The molecule has 5 heteroatoms. The van der Waals surface area contributed by atoms with Gasteiger partial charge in [-0.15, -0.1) is 0 Å². The lowest BCUT2D eigenvalue weighted by atomic mass is 10.1. The smallest absolute Gasteiger partial charge is 0.138 e. The number of nitrogens with zero attached hydrogens (tertiary/aromatic N) is 2. The molecule has 0 aliphatic rings. The molecule has 0 fully saturated rings. The molecule has 0 aliphatic heterocycles. The van der Waals surface area contributed by atoms with Gasteiger partial charge in [-0.2, -0.15) is 5.10 Å². The average Bonchev–Trinajstić information content (AvgIpc) is 2.30. The van der Waals surface area contributed by atoms with Gasteiger partial charge in [0, 0.05) is 17.3 Å². The number of aromatic nitrogens is 3. The molecule has 2 aromatic heterocycles. The van der Waals surface area contributed by atoms with Gasteiger partial charge in [0.15, 0.2) is 0 Å². The first-order valence-corrected chi connectivity index (χ1v) is 5.33. The van der Waals surface area contributed by atoms with E-state index in [0.717, 1.165) is 16.9 Å². The van der Waals surface area contributed by atoms with Crippen LogP contribution in [0.4, 0.5) is 0 Å². The number of nitrogens with one attached hydrogen (secondary N) is 1. The van der Waals surface area contributed by atoms with Crippen molar-refractivity contribution in [3.8, 4) is 16.9 Å². The Hall–Kier alpha value is -1.75. The number of ether oxygens (including phenoxy) is 1. The van der Waals surface area contributed by atoms with Gasteiger partial charge < -0.3 is 4.74 Å². The Balaban J connectivity index is 2.40. The number of hydrogen-bond donors (Lipinski definition) is 1. The highest BCUT2D eigenvalue weighted by Gasteiger charge is 2.00. The molecule has 4 nitrogen and oxygen atoms in total. The minimum atomic E-state index is 0.597. The van der Waals surface area contributed by atoms with Gasteiger partial charge in [0.25, 0.3) is 0 Å². The van der Waals surface area contributed by atoms with Gasteiger partial charge in [0.05, 0.1) is 19.0 Å². The minimum absolute atomic E-state index is 0.597. The molecule has 0 aromatic carbocycles. The van der Waals surface area contributed by atoms with E-state index in [9.17, 15) is 0 Å². The predicted octanol–water partition coefficient (Wildman–Crippen LogP) is 2.60. The second-order valence-electron chi connectivity index (χ2n) is 3.18. The Labute approximate surface area is 98.3 Å². The van der Waals surface area contributed by atoms with Crippen molar-refractivity contribution in [2.45, 2.75) is 6.92 Å². The molecular formula is C11H11N3OS. The van der Waals surface area contributed by atoms with E-state index in [2.05, 4.69) is 15.2 Å². The summed E-state index contributed by atoms with van der Waals surface area (Å²) in [7, 11) is 0. The fourth-order valence-electron chi connectivity index (χ4n) is 1.36. The van der Waals surface area contributed by atoms with Crippen LogP contribution in [0.3, 0.4) is 0 Å². The van der Waals surface area contributed by atoms with Gasteiger partial charge in [-0.05, 0) is 19.1 Å². The molecule has 16 heavy (non-hydrogen) atoms. The number of H-pyrrole nitrogens is 1. The third-order valence-electron chi connectivity index (χ3n) is 2.02.